The van der Waals surface area contributed by atoms with Gasteiger partial charge in [0, 0.05) is 37.0 Å². The summed E-state index contributed by atoms with van der Waals surface area (Å²) >= 11 is 0. The lowest BCUT2D eigenvalue weighted by Crippen LogP contribution is -2.43. The first-order valence-corrected chi connectivity index (χ1v) is 5.53. The van der Waals surface area contributed by atoms with Crippen molar-refractivity contribution in [2.24, 2.45) is 11.8 Å². The van der Waals surface area contributed by atoms with E-state index in [2.05, 4.69) is 24.5 Å². The summed E-state index contributed by atoms with van der Waals surface area (Å²) in [4.78, 5) is 11.9. The molecule has 0 bridgehead atoms. The van der Waals surface area contributed by atoms with Gasteiger partial charge in [-0.05, 0) is 0 Å². The molecule has 1 rings (SSSR count). The summed E-state index contributed by atoms with van der Waals surface area (Å²) < 4.78 is 0. The number of nitrogens with one attached hydrogen (secondary N) is 2. The average Bonchev–Trinajstić information content (AvgIpc) is 2.49. The van der Waals surface area contributed by atoms with Gasteiger partial charge in [-0.25, -0.2) is 0 Å². The van der Waals surface area contributed by atoms with Crippen LogP contribution in [0.15, 0.2) is 0 Å². The molecule has 1 heterocycles. The lowest BCUT2D eigenvalue weighted by molar-refractivity contribution is -0.125. The van der Waals surface area contributed by atoms with Crippen LogP contribution in [0.4, 0.5) is 0 Å². The lowest BCUT2D eigenvalue weighted by atomic mass is 9.91. The molecule has 0 amide bonds. The van der Waals surface area contributed by atoms with Crippen molar-refractivity contribution in [2.75, 3.05) is 13.1 Å². The van der Waals surface area contributed by atoms with E-state index in [-0.39, 0.29) is 11.8 Å². The Kier molecular flexibility index (Phi) is 4.08. The fraction of sp³-hybridized carbons (Fsp3) is 0.909. The summed E-state index contributed by atoms with van der Waals surface area (Å²) in [5.74, 6) is 0.696. The highest BCUT2D eigenvalue weighted by molar-refractivity contribution is 5.84. The Bertz CT molecular complexity index is 201. The van der Waals surface area contributed by atoms with Crippen LogP contribution in [0, 0.1) is 11.8 Å². The fourth-order valence-corrected chi connectivity index (χ4v) is 2.01. The third-order valence-corrected chi connectivity index (χ3v) is 2.70. The van der Waals surface area contributed by atoms with E-state index in [9.17, 15) is 4.79 Å². The van der Waals surface area contributed by atoms with Crippen molar-refractivity contribution in [3.8, 4) is 0 Å². The van der Waals surface area contributed by atoms with Gasteiger partial charge in [-0.2, -0.15) is 0 Å². The number of carbonyl (C=O) groups excluding carboxylic acids is 1. The van der Waals surface area contributed by atoms with Crippen LogP contribution in [0.25, 0.3) is 0 Å². The van der Waals surface area contributed by atoms with Crippen LogP contribution in [0.2, 0.25) is 0 Å². The van der Waals surface area contributed by atoms with Gasteiger partial charge in [0.1, 0.15) is 5.78 Å². The summed E-state index contributed by atoms with van der Waals surface area (Å²) in [5.41, 5.74) is 0. The molecule has 0 radical (unpaired) electrons. The van der Waals surface area contributed by atoms with Gasteiger partial charge < -0.3 is 10.6 Å². The first-order valence-electron chi connectivity index (χ1n) is 5.53. The molecule has 1 saturated heterocycles. The molecule has 1 aliphatic heterocycles. The van der Waals surface area contributed by atoms with Crippen LogP contribution >= 0.6 is 0 Å². The zero-order valence-corrected chi connectivity index (χ0v) is 9.63. The van der Waals surface area contributed by atoms with Crippen molar-refractivity contribution >= 4 is 5.78 Å². The largest absolute Gasteiger partial charge is 0.314 e. The summed E-state index contributed by atoms with van der Waals surface area (Å²) in [5, 5.41) is 6.72. The molecular weight excluding hydrogens is 176 g/mol. The summed E-state index contributed by atoms with van der Waals surface area (Å²) in [6.07, 6.45) is 0. The zero-order chi connectivity index (χ0) is 10.7. The number of Topliss-reactive ketones (excluding diaryl/α,β-unsaturated/α-hetero) is 1. The van der Waals surface area contributed by atoms with Gasteiger partial charge in [-0.15, -0.1) is 0 Å². The van der Waals surface area contributed by atoms with Gasteiger partial charge in [0.15, 0.2) is 0 Å². The molecule has 0 unspecified atom stereocenters. The molecule has 14 heavy (non-hydrogen) atoms. The molecule has 82 valence electrons. The number of hydrogen-bond acceptors (Lipinski definition) is 3. The minimum atomic E-state index is 0.149. The van der Waals surface area contributed by atoms with Crippen molar-refractivity contribution in [3.05, 3.63) is 0 Å². The van der Waals surface area contributed by atoms with Crippen LogP contribution in [-0.4, -0.2) is 31.0 Å². The van der Waals surface area contributed by atoms with E-state index in [4.69, 9.17) is 0 Å². The minimum absolute atomic E-state index is 0.149. The topological polar surface area (TPSA) is 41.1 Å². The second kappa shape index (κ2) is 4.89. The summed E-state index contributed by atoms with van der Waals surface area (Å²) in [7, 11) is 0. The Morgan fingerprint density at radius 2 is 1.93 bits per heavy atom. The highest BCUT2D eigenvalue weighted by atomic mass is 16.1. The molecule has 2 N–H and O–H groups in total. The van der Waals surface area contributed by atoms with E-state index in [1.807, 2.05) is 13.8 Å². The molecule has 0 spiro atoms. The van der Waals surface area contributed by atoms with E-state index < -0.39 is 0 Å². The second-order valence-electron chi connectivity index (χ2n) is 4.75. The van der Waals surface area contributed by atoms with Gasteiger partial charge in [0.05, 0.1) is 0 Å². The van der Waals surface area contributed by atoms with Gasteiger partial charge in [0.25, 0.3) is 0 Å². The van der Waals surface area contributed by atoms with Crippen LogP contribution in [0.1, 0.15) is 27.7 Å². The highest BCUT2D eigenvalue weighted by Gasteiger charge is 2.33. The number of rotatable bonds is 4. The molecule has 3 nitrogen and oxygen atoms in total. The molecule has 0 aromatic heterocycles. The normalized spacial score (nSPS) is 27.6. The Labute approximate surface area is 86.6 Å². The third-order valence-electron chi connectivity index (χ3n) is 2.70. The van der Waals surface area contributed by atoms with Gasteiger partial charge in [-0.1, -0.05) is 27.7 Å². The molecule has 0 aliphatic carbocycles. The average molecular weight is 198 g/mol. The van der Waals surface area contributed by atoms with E-state index in [0.717, 1.165) is 13.1 Å². The first-order chi connectivity index (χ1) is 6.52. The SMILES string of the molecule is CC(C)N[C@H]1CNC[C@@H]1C(=O)C(C)C. The Morgan fingerprint density at radius 3 is 2.43 bits per heavy atom. The van der Waals surface area contributed by atoms with Crippen molar-refractivity contribution < 1.29 is 4.79 Å². The standard InChI is InChI=1S/C11H22N2O/c1-7(2)11(14)9-5-12-6-10(9)13-8(3)4/h7-10,12-13H,5-6H2,1-4H3/t9-,10-/m0/s1. The van der Waals surface area contributed by atoms with Crippen molar-refractivity contribution in [1.29, 1.82) is 0 Å². The maximum Gasteiger partial charge on any atom is 0.141 e. The van der Waals surface area contributed by atoms with Crippen LogP contribution in [0.5, 0.6) is 0 Å². The molecule has 0 saturated carbocycles. The van der Waals surface area contributed by atoms with Gasteiger partial charge in [-0.3, -0.25) is 4.79 Å². The number of hydrogen-bond donors (Lipinski definition) is 2. The highest BCUT2D eigenvalue weighted by Crippen LogP contribution is 2.15. The molecule has 0 aromatic rings. The molecule has 3 heteroatoms. The summed E-state index contributed by atoms with van der Waals surface area (Å²) in [6, 6.07) is 0.771. The van der Waals surface area contributed by atoms with E-state index in [1.54, 1.807) is 0 Å². The number of carbonyl (C=O) groups is 1. The quantitative estimate of drug-likeness (QED) is 0.702. The van der Waals surface area contributed by atoms with Crippen LogP contribution in [-0.2, 0) is 4.79 Å². The Hall–Kier alpha value is -0.410. The number of ketones is 1. The fourth-order valence-electron chi connectivity index (χ4n) is 2.01. The van der Waals surface area contributed by atoms with Crippen molar-refractivity contribution in [3.63, 3.8) is 0 Å². The maximum absolute atomic E-state index is 11.9. The maximum atomic E-state index is 11.9. The van der Waals surface area contributed by atoms with Crippen LogP contribution < -0.4 is 10.6 Å². The summed E-state index contributed by atoms with van der Waals surface area (Å²) in [6.45, 7) is 9.95. The first kappa shape index (κ1) is 11.7. The molecule has 1 fully saturated rings. The van der Waals surface area contributed by atoms with E-state index >= 15 is 0 Å². The van der Waals surface area contributed by atoms with E-state index in [1.165, 1.54) is 0 Å². The van der Waals surface area contributed by atoms with Gasteiger partial charge >= 0.3 is 0 Å². The van der Waals surface area contributed by atoms with Crippen LogP contribution in [0.3, 0.4) is 0 Å². The second-order valence-corrected chi connectivity index (χ2v) is 4.75. The predicted octanol–water partition coefficient (Wildman–Crippen LogP) is 0.797. The Balaban J connectivity index is 2.55. The third kappa shape index (κ3) is 2.79. The lowest BCUT2D eigenvalue weighted by Gasteiger charge is -2.22. The van der Waals surface area contributed by atoms with Crippen molar-refractivity contribution in [1.82, 2.24) is 10.6 Å². The van der Waals surface area contributed by atoms with Gasteiger partial charge in [0.2, 0.25) is 0 Å². The van der Waals surface area contributed by atoms with E-state index in [0.29, 0.717) is 17.9 Å². The molecule has 0 aromatic carbocycles. The zero-order valence-electron chi connectivity index (χ0n) is 9.63. The minimum Gasteiger partial charge on any atom is -0.314 e. The molecule has 2 atom stereocenters. The molecular formula is C11H22N2O. The predicted molar refractivity (Wildman–Crippen MR) is 58.3 cm³/mol. The van der Waals surface area contributed by atoms with Crippen molar-refractivity contribution in [2.45, 2.75) is 39.8 Å². The Morgan fingerprint density at radius 1 is 1.29 bits per heavy atom. The molecule has 1 aliphatic rings. The monoisotopic (exact) mass is 198 g/mol. The smallest absolute Gasteiger partial charge is 0.141 e.